The molecule has 0 amide bonds. The van der Waals surface area contributed by atoms with Crippen LogP contribution in [0.25, 0.3) is 0 Å². The van der Waals surface area contributed by atoms with Crippen LogP contribution in [0.1, 0.15) is 46.5 Å². The molecular weight excluding hydrogens is 516 g/mol. The third-order valence-corrected chi connectivity index (χ3v) is 7.66. The van der Waals surface area contributed by atoms with Crippen molar-refractivity contribution in [3.8, 4) is 0 Å². The molecule has 206 valence electrons. The van der Waals surface area contributed by atoms with E-state index in [1.54, 1.807) is 0 Å². The number of alkyl halides is 12. The Hall–Kier alpha value is -1.41. The number of aliphatic hydroxyl groups is 1. The van der Waals surface area contributed by atoms with Crippen LogP contribution in [0.4, 0.5) is 52.7 Å². The molecular formula is C20H24F12O3. The lowest BCUT2D eigenvalue weighted by Gasteiger charge is -2.43. The van der Waals surface area contributed by atoms with Gasteiger partial charge in [-0.1, -0.05) is 26.7 Å². The van der Waals surface area contributed by atoms with E-state index in [9.17, 15) is 62.6 Å². The maximum absolute atomic E-state index is 13.8. The Bertz CT molecular complexity index is 754. The van der Waals surface area contributed by atoms with E-state index in [4.69, 9.17) is 0 Å². The summed E-state index contributed by atoms with van der Waals surface area (Å²) in [6.45, 7) is 3.04. The van der Waals surface area contributed by atoms with Crippen molar-refractivity contribution < 1.29 is 67.3 Å². The predicted octanol–water partition coefficient (Wildman–Crippen LogP) is 6.59. The van der Waals surface area contributed by atoms with Gasteiger partial charge in [-0.15, -0.1) is 0 Å². The molecule has 15 heteroatoms. The van der Waals surface area contributed by atoms with Crippen LogP contribution in [0.5, 0.6) is 0 Å². The van der Waals surface area contributed by atoms with E-state index in [1.807, 2.05) is 0 Å². The lowest BCUT2D eigenvalue weighted by atomic mass is 9.68. The Balaban J connectivity index is 2.72. The summed E-state index contributed by atoms with van der Waals surface area (Å²) in [5.41, 5.74) is -10.5. The minimum absolute atomic E-state index is 0.00230. The monoisotopic (exact) mass is 540 g/mol. The summed E-state index contributed by atoms with van der Waals surface area (Å²) in [6, 6.07) is 0. The number of carbonyl (C=O) groups excluding carboxylic acids is 1. The predicted molar refractivity (Wildman–Crippen MR) is 94.4 cm³/mol. The van der Waals surface area contributed by atoms with Gasteiger partial charge in [-0.2, -0.15) is 52.7 Å². The van der Waals surface area contributed by atoms with Gasteiger partial charge in [0.05, 0.1) is 0 Å². The lowest BCUT2D eigenvalue weighted by Crippen LogP contribution is -2.63. The summed E-state index contributed by atoms with van der Waals surface area (Å²) < 4.78 is 168. The molecule has 2 aliphatic rings. The molecule has 0 radical (unpaired) electrons. The fourth-order valence-corrected chi connectivity index (χ4v) is 6.58. The molecule has 2 fully saturated rings. The molecule has 2 bridgehead atoms. The van der Waals surface area contributed by atoms with Gasteiger partial charge in [0.25, 0.3) is 5.60 Å². The van der Waals surface area contributed by atoms with Crippen LogP contribution in [0, 0.1) is 35.5 Å². The van der Waals surface area contributed by atoms with Crippen LogP contribution in [-0.4, -0.2) is 47.0 Å². The fourth-order valence-electron chi connectivity index (χ4n) is 6.58. The Kier molecular flexibility index (Phi) is 7.55. The molecule has 6 unspecified atom stereocenters. The Morgan fingerprint density at radius 3 is 1.54 bits per heavy atom. The standard InChI is InChI=1S/C20H24F12O3/c1-4-10-11(5-2)13-9(7-15(17(21,22)23,18(24,25)26)35-8(3)33)6-12(10)14(13)16(34,19(27,28)29)20(30,31)32/h9-14,34H,4-7H2,1-3H3. The first-order valence-electron chi connectivity index (χ1n) is 10.7. The average molecular weight is 540 g/mol. The van der Waals surface area contributed by atoms with Gasteiger partial charge >= 0.3 is 36.3 Å². The first-order valence-corrected chi connectivity index (χ1v) is 10.7. The number of hydrogen-bond donors (Lipinski definition) is 1. The van der Waals surface area contributed by atoms with E-state index < -0.39 is 90.2 Å². The van der Waals surface area contributed by atoms with Gasteiger partial charge in [-0.3, -0.25) is 4.79 Å². The summed E-state index contributed by atoms with van der Waals surface area (Å²) in [4.78, 5) is 11.2. The van der Waals surface area contributed by atoms with Gasteiger partial charge in [-0.25, -0.2) is 0 Å². The number of halogens is 12. The third-order valence-electron chi connectivity index (χ3n) is 7.66. The van der Waals surface area contributed by atoms with Crippen LogP contribution in [-0.2, 0) is 9.53 Å². The lowest BCUT2D eigenvalue weighted by molar-refractivity contribution is -0.391. The van der Waals surface area contributed by atoms with Gasteiger partial charge in [0.15, 0.2) is 0 Å². The topological polar surface area (TPSA) is 46.5 Å². The highest BCUT2D eigenvalue weighted by molar-refractivity contribution is 5.66. The zero-order valence-corrected chi connectivity index (χ0v) is 18.6. The SMILES string of the molecule is CCC1C(CC)C2C(CC(OC(C)=O)(C(F)(F)F)C(F)(F)F)CC1C2C(O)(C(F)(F)F)C(F)(F)F. The molecule has 0 heterocycles. The van der Waals surface area contributed by atoms with Crippen molar-refractivity contribution in [2.24, 2.45) is 35.5 Å². The normalized spacial score (nSPS) is 30.6. The van der Waals surface area contributed by atoms with E-state index in [2.05, 4.69) is 4.74 Å². The number of esters is 1. The molecule has 6 atom stereocenters. The molecule has 0 spiro atoms. The van der Waals surface area contributed by atoms with Crippen LogP contribution in [0.15, 0.2) is 0 Å². The van der Waals surface area contributed by atoms with Crippen LogP contribution in [0.2, 0.25) is 0 Å². The highest BCUT2D eigenvalue weighted by Crippen LogP contribution is 2.69. The number of hydrogen-bond acceptors (Lipinski definition) is 3. The molecule has 35 heavy (non-hydrogen) atoms. The minimum atomic E-state index is -6.30. The largest absolute Gasteiger partial charge is 0.440 e. The van der Waals surface area contributed by atoms with Gasteiger partial charge in [0.1, 0.15) is 0 Å². The van der Waals surface area contributed by atoms with Crippen LogP contribution < -0.4 is 0 Å². The minimum Gasteiger partial charge on any atom is -0.440 e. The second-order valence-corrected chi connectivity index (χ2v) is 9.29. The molecule has 2 rings (SSSR count). The number of ether oxygens (including phenoxy) is 1. The summed E-state index contributed by atoms with van der Waals surface area (Å²) in [5, 5.41) is 10.1. The zero-order chi connectivity index (χ0) is 27.6. The van der Waals surface area contributed by atoms with Crippen molar-refractivity contribution in [2.45, 2.75) is 82.4 Å². The van der Waals surface area contributed by atoms with E-state index in [-0.39, 0.29) is 19.8 Å². The summed E-state index contributed by atoms with van der Waals surface area (Å²) in [6.07, 6.45) is -28.3. The van der Waals surface area contributed by atoms with Gasteiger partial charge in [-0.05, 0) is 36.0 Å². The zero-order valence-electron chi connectivity index (χ0n) is 18.6. The second kappa shape index (κ2) is 8.86. The van der Waals surface area contributed by atoms with Crippen molar-refractivity contribution in [1.82, 2.24) is 0 Å². The quantitative estimate of drug-likeness (QED) is 0.306. The van der Waals surface area contributed by atoms with E-state index in [0.717, 1.165) is 0 Å². The molecule has 0 aromatic heterocycles. The summed E-state index contributed by atoms with van der Waals surface area (Å²) in [7, 11) is 0. The Labute approximate surface area is 192 Å². The average Bonchev–Trinajstić information content (AvgIpc) is 3.14. The molecule has 0 aromatic rings. The van der Waals surface area contributed by atoms with Crippen molar-refractivity contribution in [3.63, 3.8) is 0 Å². The fraction of sp³-hybridized carbons (Fsp3) is 0.950. The van der Waals surface area contributed by atoms with E-state index in [0.29, 0.717) is 0 Å². The third kappa shape index (κ3) is 4.47. The number of rotatable bonds is 6. The Morgan fingerprint density at radius 2 is 1.23 bits per heavy atom. The first-order chi connectivity index (χ1) is 15.5. The van der Waals surface area contributed by atoms with E-state index >= 15 is 0 Å². The Morgan fingerprint density at radius 1 is 0.800 bits per heavy atom. The maximum Gasteiger partial charge on any atom is 0.437 e. The molecule has 0 aliphatic heterocycles. The maximum atomic E-state index is 13.8. The van der Waals surface area contributed by atoms with Gasteiger partial charge in [0, 0.05) is 19.3 Å². The molecule has 2 aliphatic carbocycles. The number of carbonyl (C=O) groups is 1. The van der Waals surface area contributed by atoms with Gasteiger partial charge in [0.2, 0.25) is 0 Å². The van der Waals surface area contributed by atoms with E-state index in [1.165, 1.54) is 13.8 Å². The molecule has 1 N–H and O–H groups in total. The summed E-state index contributed by atoms with van der Waals surface area (Å²) >= 11 is 0. The molecule has 2 saturated carbocycles. The van der Waals surface area contributed by atoms with Crippen molar-refractivity contribution >= 4 is 5.97 Å². The molecule has 0 saturated heterocycles. The van der Waals surface area contributed by atoms with Crippen molar-refractivity contribution in [2.75, 3.05) is 0 Å². The van der Waals surface area contributed by atoms with Crippen LogP contribution >= 0.6 is 0 Å². The summed E-state index contributed by atoms with van der Waals surface area (Å²) in [5.74, 6) is -12.4. The van der Waals surface area contributed by atoms with Crippen molar-refractivity contribution in [3.05, 3.63) is 0 Å². The highest BCUT2D eigenvalue weighted by Gasteiger charge is 2.81. The number of fused-ring (bicyclic) bond motifs is 2. The van der Waals surface area contributed by atoms with Gasteiger partial charge < -0.3 is 9.84 Å². The highest BCUT2D eigenvalue weighted by atomic mass is 19.4. The second-order valence-electron chi connectivity index (χ2n) is 9.29. The first kappa shape index (κ1) is 29.8. The molecule has 0 aromatic carbocycles. The smallest absolute Gasteiger partial charge is 0.437 e. The molecule has 3 nitrogen and oxygen atoms in total. The van der Waals surface area contributed by atoms with Crippen molar-refractivity contribution in [1.29, 1.82) is 0 Å². The van der Waals surface area contributed by atoms with Crippen LogP contribution in [0.3, 0.4) is 0 Å².